The molecule has 0 aliphatic carbocycles. The predicted octanol–water partition coefficient (Wildman–Crippen LogP) is 1.52. The van der Waals surface area contributed by atoms with E-state index >= 15 is 0 Å². The van der Waals surface area contributed by atoms with Crippen LogP contribution in [0.4, 0.5) is 0 Å². The minimum Gasteiger partial charge on any atom is -0.311 e. The number of hydrogen-bond acceptors (Lipinski definition) is 4. The number of rotatable bonds is 5. The van der Waals surface area contributed by atoms with Crippen molar-refractivity contribution in [2.45, 2.75) is 19.9 Å². The van der Waals surface area contributed by atoms with Gasteiger partial charge in [-0.3, -0.25) is 4.68 Å². The van der Waals surface area contributed by atoms with Crippen molar-refractivity contribution in [1.82, 2.24) is 20.1 Å². The monoisotopic (exact) mass is 236 g/mol. The first kappa shape index (κ1) is 11.3. The van der Waals surface area contributed by atoms with E-state index in [2.05, 4.69) is 21.5 Å². The molecule has 0 fully saturated rings. The first-order valence-electron chi connectivity index (χ1n) is 5.34. The van der Waals surface area contributed by atoms with Crippen molar-refractivity contribution in [2.24, 2.45) is 7.05 Å². The van der Waals surface area contributed by atoms with Gasteiger partial charge in [0.05, 0.1) is 16.9 Å². The van der Waals surface area contributed by atoms with Crippen molar-refractivity contribution in [3.8, 4) is 0 Å². The van der Waals surface area contributed by atoms with E-state index in [9.17, 15) is 0 Å². The van der Waals surface area contributed by atoms with Gasteiger partial charge in [-0.15, -0.1) is 11.3 Å². The van der Waals surface area contributed by atoms with Crippen LogP contribution in [0.1, 0.15) is 16.3 Å². The van der Waals surface area contributed by atoms with Crippen LogP contribution in [-0.4, -0.2) is 21.3 Å². The van der Waals surface area contributed by atoms with Gasteiger partial charge < -0.3 is 5.32 Å². The second-order valence-electron chi connectivity index (χ2n) is 3.77. The Kier molecular flexibility index (Phi) is 3.69. The number of nitrogens with one attached hydrogen (secondary N) is 1. The summed E-state index contributed by atoms with van der Waals surface area (Å²) in [7, 11) is 1.94. The summed E-state index contributed by atoms with van der Waals surface area (Å²) in [5, 5.41) is 7.74. The molecule has 0 atom stereocenters. The van der Waals surface area contributed by atoms with E-state index < -0.39 is 0 Å². The Hall–Kier alpha value is -1.20. The standard InChI is InChI=1S/C11H16N4S/c1-9-11(16-8-13-9)7-12-5-3-10-4-6-15(2)14-10/h4,6,8,12H,3,5,7H2,1-2H3. The van der Waals surface area contributed by atoms with Crippen molar-refractivity contribution < 1.29 is 0 Å². The largest absolute Gasteiger partial charge is 0.311 e. The molecule has 5 heteroatoms. The lowest BCUT2D eigenvalue weighted by Gasteiger charge is -2.01. The fraction of sp³-hybridized carbons (Fsp3) is 0.455. The topological polar surface area (TPSA) is 42.7 Å². The molecule has 1 N–H and O–H groups in total. The molecular weight excluding hydrogens is 220 g/mol. The van der Waals surface area contributed by atoms with Crippen molar-refractivity contribution in [3.05, 3.63) is 34.0 Å². The summed E-state index contributed by atoms with van der Waals surface area (Å²) in [6.07, 6.45) is 2.95. The van der Waals surface area contributed by atoms with Gasteiger partial charge in [0.2, 0.25) is 0 Å². The van der Waals surface area contributed by atoms with Crippen molar-refractivity contribution in [1.29, 1.82) is 0 Å². The van der Waals surface area contributed by atoms with Crippen LogP contribution in [-0.2, 0) is 20.0 Å². The first-order chi connectivity index (χ1) is 7.75. The van der Waals surface area contributed by atoms with E-state index in [-0.39, 0.29) is 0 Å². The summed E-state index contributed by atoms with van der Waals surface area (Å²) in [6.45, 7) is 3.91. The summed E-state index contributed by atoms with van der Waals surface area (Å²) in [5.41, 5.74) is 4.16. The van der Waals surface area contributed by atoms with E-state index in [1.807, 2.05) is 30.4 Å². The van der Waals surface area contributed by atoms with Gasteiger partial charge in [-0.05, 0) is 13.0 Å². The molecule has 0 spiro atoms. The molecule has 0 aliphatic rings. The summed E-state index contributed by atoms with van der Waals surface area (Å²) >= 11 is 1.71. The third-order valence-electron chi connectivity index (χ3n) is 2.46. The molecule has 86 valence electrons. The summed E-state index contributed by atoms with van der Waals surface area (Å²) < 4.78 is 1.84. The van der Waals surface area contributed by atoms with Gasteiger partial charge in [-0.1, -0.05) is 0 Å². The molecule has 2 heterocycles. The normalized spacial score (nSPS) is 10.9. The molecule has 2 rings (SSSR count). The summed E-state index contributed by atoms with van der Waals surface area (Å²) in [5.74, 6) is 0. The molecule has 0 saturated carbocycles. The molecule has 0 bridgehead atoms. The summed E-state index contributed by atoms with van der Waals surface area (Å²) in [4.78, 5) is 5.54. The zero-order chi connectivity index (χ0) is 11.4. The molecule has 0 aromatic carbocycles. The van der Waals surface area contributed by atoms with E-state index in [0.717, 1.165) is 30.9 Å². The van der Waals surface area contributed by atoms with Gasteiger partial charge in [-0.25, -0.2) is 4.98 Å². The van der Waals surface area contributed by atoms with Crippen LogP contribution < -0.4 is 5.32 Å². The van der Waals surface area contributed by atoms with Gasteiger partial charge in [0.25, 0.3) is 0 Å². The molecule has 16 heavy (non-hydrogen) atoms. The highest BCUT2D eigenvalue weighted by atomic mass is 32.1. The van der Waals surface area contributed by atoms with Crippen molar-refractivity contribution in [3.63, 3.8) is 0 Å². The van der Waals surface area contributed by atoms with Gasteiger partial charge in [0.1, 0.15) is 0 Å². The van der Waals surface area contributed by atoms with Gasteiger partial charge in [0, 0.05) is 37.6 Å². The molecule has 0 aliphatic heterocycles. The minimum atomic E-state index is 0.906. The number of aryl methyl sites for hydroxylation is 2. The Morgan fingerprint density at radius 2 is 2.38 bits per heavy atom. The van der Waals surface area contributed by atoms with E-state index in [4.69, 9.17) is 0 Å². The average molecular weight is 236 g/mol. The summed E-state index contributed by atoms with van der Waals surface area (Å²) in [6, 6.07) is 2.06. The zero-order valence-corrected chi connectivity index (χ0v) is 10.4. The van der Waals surface area contributed by atoms with E-state index in [1.165, 1.54) is 4.88 Å². The number of hydrogen-bond donors (Lipinski definition) is 1. The minimum absolute atomic E-state index is 0.906. The smallest absolute Gasteiger partial charge is 0.0798 e. The quantitative estimate of drug-likeness (QED) is 0.800. The second kappa shape index (κ2) is 5.23. The lowest BCUT2D eigenvalue weighted by molar-refractivity contribution is 0.668. The molecular formula is C11H16N4S. The van der Waals surface area contributed by atoms with E-state index in [1.54, 1.807) is 11.3 Å². The average Bonchev–Trinajstić information content (AvgIpc) is 2.83. The number of thiazole rings is 1. The van der Waals surface area contributed by atoms with Gasteiger partial charge in [-0.2, -0.15) is 5.10 Å². The molecule has 0 saturated heterocycles. The van der Waals surface area contributed by atoms with Crippen molar-refractivity contribution in [2.75, 3.05) is 6.54 Å². The Morgan fingerprint density at radius 1 is 1.50 bits per heavy atom. The maximum absolute atomic E-state index is 4.33. The second-order valence-corrected chi connectivity index (χ2v) is 4.71. The van der Waals surface area contributed by atoms with Gasteiger partial charge >= 0.3 is 0 Å². The molecule has 0 unspecified atom stereocenters. The van der Waals surface area contributed by atoms with Crippen molar-refractivity contribution >= 4 is 11.3 Å². The highest BCUT2D eigenvalue weighted by Gasteiger charge is 2.01. The zero-order valence-electron chi connectivity index (χ0n) is 9.60. The highest BCUT2D eigenvalue weighted by molar-refractivity contribution is 7.09. The lowest BCUT2D eigenvalue weighted by Crippen LogP contribution is -2.16. The van der Waals surface area contributed by atoms with Crippen LogP contribution in [0.15, 0.2) is 17.8 Å². The molecule has 0 radical (unpaired) electrons. The fourth-order valence-corrected chi connectivity index (χ4v) is 2.26. The lowest BCUT2D eigenvalue weighted by atomic mass is 10.3. The van der Waals surface area contributed by atoms with Crippen LogP contribution in [0, 0.1) is 6.92 Å². The Bertz CT molecular complexity index is 446. The first-order valence-corrected chi connectivity index (χ1v) is 6.22. The third kappa shape index (κ3) is 2.90. The Morgan fingerprint density at radius 3 is 3.00 bits per heavy atom. The van der Waals surface area contributed by atoms with Crippen LogP contribution in [0.2, 0.25) is 0 Å². The van der Waals surface area contributed by atoms with Crippen LogP contribution in [0.3, 0.4) is 0 Å². The molecule has 2 aromatic rings. The maximum Gasteiger partial charge on any atom is 0.0798 e. The maximum atomic E-state index is 4.33. The fourth-order valence-electron chi connectivity index (χ4n) is 1.51. The number of aromatic nitrogens is 3. The molecule has 2 aromatic heterocycles. The third-order valence-corrected chi connectivity index (χ3v) is 3.39. The van der Waals surface area contributed by atoms with Gasteiger partial charge in [0.15, 0.2) is 0 Å². The van der Waals surface area contributed by atoms with Crippen LogP contribution >= 0.6 is 11.3 Å². The highest BCUT2D eigenvalue weighted by Crippen LogP contribution is 2.10. The SMILES string of the molecule is Cc1ncsc1CNCCc1ccn(C)n1. The predicted molar refractivity (Wildman–Crippen MR) is 65.5 cm³/mol. The molecule has 4 nitrogen and oxygen atoms in total. The Balaban J connectivity index is 1.71. The van der Waals surface area contributed by atoms with Crippen LogP contribution in [0.5, 0.6) is 0 Å². The van der Waals surface area contributed by atoms with E-state index in [0.29, 0.717) is 0 Å². The molecule has 0 amide bonds. The Labute approximate surface area is 99.3 Å². The van der Waals surface area contributed by atoms with Crippen LogP contribution in [0.25, 0.3) is 0 Å². The number of nitrogens with zero attached hydrogens (tertiary/aromatic N) is 3.